The zero-order valence-electron chi connectivity index (χ0n) is 9.11. The molecule has 1 nitrogen and oxygen atoms in total. The van der Waals surface area contributed by atoms with Gasteiger partial charge in [-0.15, -0.1) is 5.92 Å². The first-order valence-electron chi connectivity index (χ1n) is 5.33. The Hall–Kier alpha value is -1.40. The van der Waals surface area contributed by atoms with Gasteiger partial charge in [0.05, 0.1) is 6.54 Å². The SMILES string of the molecule is CC#CCNC1CCc2c(F)ccc(F)c21. The van der Waals surface area contributed by atoms with Crippen molar-refractivity contribution in [2.45, 2.75) is 25.8 Å². The van der Waals surface area contributed by atoms with Gasteiger partial charge in [-0.25, -0.2) is 8.78 Å². The van der Waals surface area contributed by atoms with Crippen LogP contribution in [0.3, 0.4) is 0 Å². The van der Waals surface area contributed by atoms with E-state index in [2.05, 4.69) is 17.2 Å². The fourth-order valence-corrected chi connectivity index (χ4v) is 2.14. The van der Waals surface area contributed by atoms with Crippen molar-refractivity contribution in [2.24, 2.45) is 0 Å². The van der Waals surface area contributed by atoms with Crippen LogP contribution in [0.15, 0.2) is 12.1 Å². The minimum absolute atomic E-state index is 0.105. The average molecular weight is 221 g/mol. The van der Waals surface area contributed by atoms with Gasteiger partial charge in [-0.2, -0.15) is 0 Å². The number of benzene rings is 1. The van der Waals surface area contributed by atoms with Gasteiger partial charge >= 0.3 is 0 Å². The predicted molar refractivity (Wildman–Crippen MR) is 58.9 cm³/mol. The summed E-state index contributed by atoms with van der Waals surface area (Å²) in [6, 6.07) is 2.29. The molecule has 0 radical (unpaired) electrons. The summed E-state index contributed by atoms with van der Waals surface area (Å²) >= 11 is 0. The standard InChI is InChI=1S/C13H13F2N/c1-2-3-8-16-12-7-4-9-10(14)5-6-11(15)13(9)12/h5-6,12,16H,4,7-8H2,1H3. The van der Waals surface area contributed by atoms with E-state index in [9.17, 15) is 8.78 Å². The molecule has 0 saturated heterocycles. The van der Waals surface area contributed by atoms with Crippen LogP contribution in [-0.2, 0) is 6.42 Å². The number of nitrogens with one attached hydrogen (secondary N) is 1. The van der Waals surface area contributed by atoms with Crippen molar-refractivity contribution in [3.63, 3.8) is 0 Å². The lowest BCUT2D eigenvalue weighted by Gasteiger charge is -2.12. The van der Waals surface area contributed by atoms with Crippen LogP contribution in [-0.4, -0.2) is 6.54 Å². The highest BCUT2D eigenvalue weighted by atomic mass is 19.1. The maximum atomic E-state index is 13.6. The number of halogens is 2. The van der Waals surface area contributed by atoms with Crippen LogP contribution in [0.4, 0.5) is 8.78 Å². The number of fused-ring (bicyclic) bond motifs is 1. The normalized spacial score (nSPS) is 17.8. The molecule has 1 aromatic carbocycles. The van der Waals surface area contributed by atoms with Crippen molar-refractivity contribution in [1.29, 1.82) is 0 Å². The van der Waals surface area contributed by atoms with Crippen LogP contribution in [0, 0.1) is 23.5 Å². The molecule has 0 heterocycles. The van der Waals surface area contributed by atoms with Crippen LogP contribution >= 0.6 is 0 Å². The Morgan fingerprint density at radius 2 is 2.12 bits per heavy atom. The lowest BCUT2D eigenvalue weighted by molar-refractivity contribution is 0.527. The monoisotopic (exact) mass is 221 g/mol. The molecule has 3 heteroatoms. The molecule has 0 saturated carbocycles. The molecular formula is C13H13F2N. The lowest BCUT2D eigenvalue weighted by Crippen LogP contribution is -2.20. The van der Waals surface area contributed by atoms with Gasteiger partial charge in [0, 0.05) is 11.6 Å². The van der Waals surface area contributed by atoms with Crippen LogP contribution in [0.25, 0.3) is 0 Å². The quantitative estimate of drug-likeness (QED) is 0.757. The van der Waals surface area contributed by atoms with Crippen LogP contribution in [0.2, 0.25) is 0 Å². The number of hydrogen-bond acceptors (Lipinski definition) is 1. The summed E-state index contributed by atoms with van der Waals surface area (Å²) < 4.78 is 27.0. The van der Waals surface area contributed by atoms with Gasteiger partial charge in [0.15, 0.2) is 0 Å². The maximum Gasteiger partial charge on any atom is 0.128 e. The van der Waals surface area contributed by atoms with E-state index in [-0.39, 0.29) is 17.7 Å². The fraction of sp³-hybridized carbons (Fsp3) is 0.385. The number of rotatable bonds is 2. The largest absolute Gasteiger partial charge is 0.299 e. The highest BCUT2D eigenvalue weighted by Crippen LogP contribution is 2.34. The van der Waals surface area contributed by atoms with Gasteiger partial charge in [0.1, 0.15) is 11.6 Å². The van der Waals surface area contributed by atoms with Crippen LogP contribution in [0.5, 0.6) is 0 Å². The Labute approximate surface area is 93.9 Å². The summed E-state index contributed by atoms with van der Waals surface area (Å²) in [7, 11) is 0. The second-order valence-corrected chi connectivity index (χ2v) is 3.82. The van der Waals surface area contributed by atoms with Gasteiger partial charge < -0.3 is 0 Å². The fourth-order valence-electron chi connectivity index (χ4n) is 2.14. The summed E-state index contributed by atoms with van der Waals surface area (Å²) in [4.78, 5) is 0. The molecule has 1 aromatic rings. The zero-order valence-corrected chi connectivity index (χ0v) is 9.11. The predicted octanol–water partition coefficient (Wildman–Crippen LogP) is 2.57. The molecule has 0 spiro atoms. The molecule has 1 aliphatic rings. The molecule has 0 bridgehead atoms. The zero-order chi connectivity index (χ0) is 11.5. The minimum Gasteiger partial charge on any atom is -0.299 e. The van der Waals surface area contributed by atoms with E-state index < -0.39 is 0 Å². The smallest absolute Gasteiger partial charge is 0.128 e. The molecule has 0 aliphatic heterocycles. The Kier molecular flexibility index (Phi) is 3.21. The summed E-state index contributed by atoms with van der Waals surface area (Å²) in [5.41, 5.74) is 1.000. The molecule has 84 valence electrons. The van der Waals surface area contributed by atoms with Crippen molar-refractivity contribution in [2.75, 3.05) is 6.54 Å². The number of hydrogen-bond donors (Lipinski definition) is 1. The molecule has 1 unspecified atom stereocenters. The van der Waals surface area contributed by atoms with E-state index >= 15 is 0 Å². The van der Waals surface area contributed by atoms with Crippen molar-refractivity contribution in [3.8, 4) is 11.8 Å². The van der Waals surface area contributed by atoms with E-state index in [0.717, 1.165) is 6.42 Å². The van der Waals surface area contributed by atoms with Crippen molar-refractivity contribution >= 4 is 0 Å². The maximum absolute atomic E-state index is 13.6. The molecule has 0 fully saturated rings. The van der Waals surface area contributed by atoms with E-state index in [1.165, 1.54) is 12.1 Å². The van der Waals surface area contributed by atoms with E-state index in [1.54, 1.807) is 6.92 Å². The first kappa shape index (κ1) is 11.1. The average Bonchev–Trinajstić information content (AvgIpc) is 2.69. The van der Waals surface area contributed by atoms with Crippen molar-refractivity contribution in [1.82, 2.24) is 5.32 Å². The molecule has 2 rings (SSSR count). The molecule has 0 amide bonds. The Balaban J connectivity index is 2.23. The van der Waals surface area contributed by atoms with E-state index in [4.69, 9.17) is 0 Å². The molecule has 16 heavy (non-hydrogen) atoms. The Morgan fingerprint density at radius 1 is 1.38 bits per heavy atom. The van der Waals surface area contributed by atoms with Gasteiger partial charge in [-0.1, -0.05) is 5.92 Å². The van der Waals surface area contributed by atoms with Gasteiger partial charge in [0.2, 0.25) is 0 Å². The molecule has 1 atom stereocenters. The highest BCUT2D eigenvalue weighted by molar-refractivity contribution is 5.37. The topological polar surface area (TPSA) is 12.0 Å². The third-order valence-electron chi connectivity index (χ3n) is 2.89. The molecule has 1 N–H and O–H groups in total. The highest BCUT2D eigenvalue weighted by Gasteiger charge is 2.27. The second kappa shape index (κ2) is 4.63. The van der Waals surface area contributed by atoms with Crippen molar-refractivity contribution < 1.29 is 8.78 Å². The minimum atomic E-state index is -0.323. The second-order valence-electron chi connectivity index (χ2n) is 3.82. The van der Waals surface area contributed by atoms with Crippen molar-refractivity contribution in [3.05, 3.63) is 34.9 Å². The van der Waals surface area contributed by atoms with Gasteiger partial charge in [0.25, 0.3) is 0 Å². The summed E-state index contributed by atoms with van der Waals surface area (Å²) in [6.07, 6.45) is 1.33. The third-order valence-corrected chi connectivity index (χ3v) is 2.89. The Morgan fingerprint density at radius 3 is 2.88 bits per heavy atom. The first-order valence-corrected chi connectivity index (χ1v) is 5.33. The molecule has 1 aliphatic carbocycles. The van der Waals surface area contributed by atoms with E-state index in [1.807, 2.05) is 0 Å². The van der Waals surface area contributed by atoms with Crippen LogP contribution in [0.1, 0.15) is 30.5 Å². The lowest BCUT2D eigenvalue weighted by atomic mass is 10.1. The summed E-state index contributed by atoms with van der Waals surface area (Å²) in [5.74, 6) is 5.00. The van der Waals surface area contributed by atoms with E-state index in [0.29, 0.717) is 24.1 Å². The summed E-state index contributed by atoms with van der Waals surface area (Å²) in [6.45, 7) is 2.26. The summed E-state index contributed by atoms with van der Waals surface area (Å²) in [5, 5.41) is 3.13. The first-order chi connectivity index (χ1) is 7.74. The van der Waals surface area contributed by atoms with Gasteiger partial charge in [-0.05, 0) is 37.5 Å². The molecular weight excluding hydrogens is 208 g/mol. The van der Waals surface area contributed by atoms with Gasteiger partial charge in [-0.3, -0.25) is 5.32 Å². The molecule has 0 aromatic heterocycles. The third kappa shape index (κ3) is 1.94. The Bertz CT molecular complexity index is 457. The van der Waals surface area contributed by atoms with Crippen LogP contribution < -0.4 is 5.32 Å².